The molecular weight excluding hydrogens is 203 g/mol. The van der Waals surface area contributed by atoms with Crippen LogP contribution in [0.4, 0.5) is 10.1 Å². The predicted octanol–water partition coefficient (Wildman–Crippen LogP) is 2.26. The van der Waals surface area contributed by atoms with Crippen molar-refractivity contribution in [2.24, 2.45) is 5.73 Å². The van der Waals surface area contributed by atoms with Gasteiger partial charge in [-0.1, -0.05) is 11.6 Å². The summed E-state index contributed by atoms with van der Waals surface area (Å²) in [5.41, 5.74) is 6.30. The van der Waals surface area contributed by atoms with E-state index in [1.165, 1.54) is 6.07 Å². The molecule has 2 nitrogen and oxygen atoms in total. The number of hydrogen-bond donors (Lipinski definition) is 1. The Kier molecular flexibility index (Phi) is 4.17. The summed E-state index contributed by atoms with van der Waals surface area (Å²) >= 11 is 5.67. The van der Waals surface area contributed by atoms with Crippen molar-refractivity contribution >= 4 is 17.3 Å². The Balaban J connectivity index is 2.70. The van der Waals surface area contributed by atoms with Gasteiger partial charge in [0.05, 0.1) is 5.02 Å². The normalized spacial score (nSPS) is 10.3. The Labute approximate surface area is 88.5 Å². The van der Waals surface area contributed by atoms with Crippen molar-refractivity contribution in [3.05, 3.63) is 29.0 Å². The van der Waals surface area contributed by atoms with Crippen molar-refractivity contribution in [1.82, 2.24) is 0 Å². The molecule has 1 aromatic carbocycles. The number of benzene rings is 1. The molecule has 78 valence electrons. The number of halogens is 2. The van der Waals surface area contributed by atoms with E-state index in [4.69, 9.17) is 17.3 Å². The first-order chi connectivity index (χ1) is 6.65. The van der Waals surface area contributed by atoms with Gasteiger partial charge in [0.15, 0.2) is 0 Å². The van der Waals surface area contributed by atoms with Gasteiger partial charge in [0.1, 0.15) is 5.82 Å². The molecule has 14 heavy (non-hydrogen) atoms. The standard InChI is InChI=1S/C10H14ClFN2/c1-14(6-2-5-13)8-3-4-10(12)9(11)7-8/h3-4,7H,2,5-6,13H2,1H3. The lowest BCUT2D eigenvalue weighted by atomic mass is 10.2. The van der Waals surface area contributed by atoms with Crippen LogP contribution < -0.4 is 10.6 Å². The first-order valence-corrected chi connectivity index (χ1v) is 4.89. The molecule has 0 aliphatic rings. The van der Waals surface area contributed by atoms with E-state index in [-0.39, 0.29) is 10.8 Å². The van der Waals surface area contributed by atoms with Crippen molar-refractivity contribution < 1.29 is 4.39 Å². The molecule has 0 fully saturated rings. The van der Waals surface area contributed by atoms with Crippen LogP contribution in [0.15, 0.2) is 18.2 Å². The van der Waals surface area contributed by atoms with Crippen LogP contribution in [0, 0.1) is 5.82 Å². The van der Waals surface area contributed by atoms with Crippen molar-refractivity contribution in [3.8, 4) is 0 Å². The number of nitrogens with zero attached hydrogens (tertiary/aromatic N) is 1. The topological polar surface area (TPSA) is 29.3 Å². The SMILES string of the molecule is CN(CCCN)c1ccc(F)c(Cl)c1. The summed E-state index contributed by atoms with van der Waals surface area (Å²) < 4.78 is 12.8. The lowest BCUT2D eigenvalue weighted by molar-refractivity contribution is 0.628. The molecule has 0 atom stereocenters. The molecule has 0 heterocycles. The third-order valence-electron chi connectivity index (χ3n) is 2.04. The molecule has 0 unspecified atom stereocenters. The second kappa shape index (κ2) is 5.17. The summed E-state index contributed by atoms with van der Waals surface area (Å²) in [7, 11) is 1.93. The van der Waals surface area contributed by atoms with Crippen LogP contribution in [0.3, 0.4) is 0 Å². The summed E-state index contributed by atoms with van der Waals surface area (Å²) in [6.07, 6.45) is 0.908. The number of nitrogens with two attached hydrogens (primary N) is 1. The maximum absolute atomic E-state index is 12.8. The summed E-state index contributed by atoms with van der Waals surface area (Å²) in [5.74, 6) is -0.386. The summed E-state index contributed by atoms with van der Waals surface area (Å²) in [6.45, 7) is 1.50. The molecule has 0 bridgehead atoms. The minimum Gasteiger partial charge on any atom is -0.375 e. The molecule has 4 heteroatoms. The maximum Gasteiger partial charge on any atom is 0.141 e. The van der Waals surface area contributed by atoms with Gasteiger partial charge in [0.25, 0.3) is 0 Å². The fourth-order valence-electron chi connectivity index (χ4n) is 1.18. The minimum atomic E-state index is -0.386. The molecule has 0 aliphatic carbocycles. The highest BCUT2D eigenvalue weighted by Crippen LogP contribution is 2.21. The summed E-state index contributed by atoms with van der Waals surface area (Å²) in [6, 6.07) is 4.70. The Morgan fingerprint density at radius 1 is 1.50 bits per heavy atom. The van der Waals surface area contributed by atoms with Crippen LogP contribution in [0.2, 0.25) is 5.02 Å². The number of hydrogen-bond acceptors (Lipinski definition) is 2. The zero-order chi connectivity index (χ0) is 10.6. The van der Waals surface area contributed by atoms with Crippen LogP contribution in [0.1, 0.15) is 6.42 Å². The van der Waals surface area contributed by atoms with Gasteiger partial charge in [-0.05, 0) is 31.2 Å². The smallest absolute Gasteiger partial charge is 0.141 e. The van der Waals surface area contributed by atoms with Crippen LogP contribution in [-0.4, -0.2) is 20.1 Å². The fraction of sp³-hybridized carbons (Fsp3) is 0.400. The molecule has 0 aromatic heterocycles. The van der Waals surface area contributed by atoms with Gasteiger partial charge in [-0.15, -0.1) is 0 Å². The average molecular weight is 217 g/mol. The van der Waals surface area contributed by atoms with Crippen LogP contribution in [-0.2, 0) is 0 Å². The summed E-state index contributed by atoms with van der Waals surface area (Å²) in [5, 5.41) is 0.155. The van der Waals surface area contributed by atoms with E-state index in [1.54, 1.807) is 12.1 Å². The highest BCUT2D eigenvalue weighted by atomic mass is 35.5. The molecule has 0 saturated carbocycles. The van der Waals surface area contributed by atoms with Gasteiger partial charge in [-0.2, -0.15) is 0 Å². The highest BCUT2D eigenvalue weighted by Gasteiger charge is 2.04. The van der Waals surface area contributed by atoms with Gasteiger partial charge in [0, 0.05) is 19.3 Å². The van der Waals surface area contributed by atoms with Crippen LogP contribution in [0.5, 0.6) is 0 Å². The Hall–Kier alpha value is -0.800. The van der Waals surface area contributed by atoms with E-state index in [2.05, 4.69) is 0 Å². The van der Waals surface area contributed by atoms with Gasteiger partial charge in [-0.25, -0.2) is 4.39 Å². The Morgan fingerprint density at radius 2 is 2.21 bits per heavy atom. The van der Waals surface area contributed by atoms with E-state index >= 15 is 0 Å². The Morgan fingerprint density at radius 3 is 2.79 bits per heavy atom. The van der Waals surface area contributed by atoms with E-state index in [0.29, 0.717) is 6.54 Å². The van der Waals surface area contributed by atoms with Gasteiger partial charge < -0.3 is 10.6 Å². The third kappa shape index (κ3) is 2.86. The lowest BCUT2D eigenvalue weighted by Gasteiger charge is -2.18. The maximum atomic E-state index is 12.8. The molecule has 0 amide bonds. The summed E-state index contributed by atoms with van der Waals surface area (Å²) in [4.78, 5) is 2.00. The second-order valence-electron chi connectivity index (χ2n) is 3.16. The van der Waals surface area contributed by atoms with E-state index in [1.807, 2.05) is 11.9 Å². The first kappa shape index (κ1) is 11.3. The Bertz CT molecular complexity index is 304. The van der Waals surface area contributed by atoms with Gasteiger partial charge in [0.2, 0.25) is 0 Å². The van der Waals surface area contributed by atoms with Crippen LogP contribution in [0.25, 0.3) is 0 Å². The van der Waals surface area contributed by atoms with E-state index in [9.17, 15) is 4.39 Å². The second-order valence-corrected chi connectivity index (χ2v) is 3.57. The lowest BCUT2D eigenvalue weighted by Crippen LogP contribution is -2.20. The molecule has 0 radical (unpaired) electrons. The van der Waals surface area contributed by atoms with E-state index < -0.39 is 0 Å². The number of anilines is 1. The quantitative estimate of drug-likeness (QED) is 0.837. The number of rotatable bonds is 4. The van der Waals surface area contributed by atoms with Crippen molar-refractivity contribution in [3.63, 3.8) is 0 Å². The molecule has 1 aromatic rings. The molecule has 1 rings (SSSR count). The average Bonchev–Trinajstić information content (AvgIpc) is 2.18. The van der Waals surface area contributed by atoms with E-state index in [0.717, 1.165) is 18.7 Å². The third-order valence-corrected chi connectivity index (χ3v) is 2.33. The first-order valence-electron chi connectivity index (χ1n) is 4.51. The molecule has 0 saturated heterocycles. The molecule has 0 spiro atoms. The van der Waals surface area contributed by atoms with Crippen LogP contribution >= 0.6 is 11.6 Å². The predicted molar refractivity (Wildman–Crippen MR) is 58.4 cm³/mol. The van der Waals surface area contributed by atoms with Crippen molar-refractivity contribution in [2.75, 3.05) is 25.0 Å². The molecular formula is C10H14ClFN2. The largest absolute Gasteiger partial charge is 0.375 e. The fourth-order valence-corrected chi connectivity index (χ4v) is 1.35. The zero-order valence-electron chi connectivity index (χ0n) is 8.13. The zero-order valence-corrected chi connectivity index (χ0v) is 8.89. The van der Waals surface area contributed by atoms with Crippen molar-refractivity contribution in [2.45, 2.75) is 6.42 Å². The highest BCUT2D eigenvalue weighted by molar-refractivity contribution is 6.31. The monoisotopic (exact) mass is 216 g/mol. The molecule has 2 N–H and O–H groups in total. The minimum absolute atomic E-state index is 0.155. The molecule has 0 aliphatic heterocycles. The van der Waals surface area contributed by atoms with Gasteiger partial charge >= 0.3 is 0 Å². The van der Waals surface area contributed by atoms with Gasteiger partial charge in [-0.3, -0.25) is 0 Å². The van der Waals surface area contributed by atoms with Crippen molar-refractivity contribution in [1.29, 1.82) is 0 Å².